The van der Waals surface area contributed by atoms with Crippen molar-refractivity contribution in [3.8, 4) is 0 Å². The monoisotopic (exact) mass is 307 g/mol. The average Bonchev–Trinajstić information content (AvgIpc) is 2.48. The molecule has 0 aromatic rings. The SMILES string of the molecule is CCCC.CCCCC.CNCCOCCOCC(C)=O.[HH]. The summed E-state index contributed by atoms with van der Waals surface area (Å²) in [5.74, 6) is 0.0465. The van der Waals surface area contributed by atoms with Gasteiger partial charge in [-0.3, -0.25) is 4.79 Å². The zero-order valence-electron chi connectivity index (χ0n) is 15.3. The van der Waals surface area contributed by atoms with Crippen molar-refractivity contribution in [1.82, 2.24) is 5.32 Å². The van der Waals surface area contributed by atoms with Gasteiger partial charge in [0.15, 0.2) is 5.78 Å². The van der Waals surface area contributed by atoms with Crippen LogP contribution < -0.4 is 5.32 Å². The number of carbonyl (C=O) groups is 1. The molecule has 0 spiro atoms. The number of carbonyl (C=O) groups excluding carboxylic acids is 1. The van der Waals surface area contributed by atoms with E-state index >= 15 is 0 Å². The molecule has 0 saturated carbocycles. The van der Waals surface area contributed by atoms with Crippen molar-refractivity contribution in [3.05, 3.63) is 0 Å². The van der Waals surface area contributed by atoms with E-state index in [1.807, 2.05) is 7.05 Å². The fourth-order valence-electron chi connectivity index (χ4n) is 0.964. The van der Waals surface area contributed by atoms with Crippen LogP contribution in [0, 0.1) is 0 Å². The number of nitrogens with one attached hydrogen (secondary N) is 1. The first-order chi connectivity index (χ1) is 10.1. The van der Waals surface area contributed by atoms with Crippen LogP contribution in [-0.2, 0) is 14.3 Å². The average molecular weight is 308 g/mol. The summed E-state index contributed by atoms with van der Waals surface area (Å²) < 4.78 is 10.1. The lowest BCUT2D eigenvalue weighted by atomic mass is 10.3. The van der Waals surface area contributed by atoms with Crippen molar-refractivity contribution < 1.29 is 15.7 Å². The van der Waals surface area contributed by atoms with Crippen molar-refractivity contribution in [2.24, 2.45) is 0 Å². The molecule has 0 unspecified atom stereocenters. The molecule has 4 nitrogen and oxygen atoms in total. The van der Waals surface area contributed by atoms with Crippen molar-refractivity contribution in [1.29, 1.82) is 0 Å². The number of Topliss-reactive ketones (excluding diaryl/α,β-unsaturated/α-hetero) is 1. The quantitative estimate of drug-likeness (QED) is 0.584. The molecule has 0 aliphatic heterocycles. The molecule has 0 aromatic heterocycles. The Morgan fingerprint density at radius 1 is 0.905 bits per heavy atom. The first-order valence-corrected chi connectivity index (χ1v) is 8.39. The van der Waals surface area contributed by atoms with Crippen LogP contribution in [0.3, 0.4) is 0 Å². The second kappa shape index (κ2) is 27.8. The Morgan fingerprint density at radius 3 is 1.76 bits per heavy atom. The summed E-state index contributed by atoms with van der Waals surface area (Å²) in [6.07, 6.45) is 6.72. The molecule has 21 heavy (non-hydrogen) atoms. The van der Waals surface area contributed by atoms with Gasteiger partial charge in [0.1, 0.15) is 6.61 Å². The number of ether oxygens (including phenoxy) is 2. The van der Waals surface area contributed by atoms with Gasteiger partial charge in [0.05, 0.1) is 19.8 Å². The maximum absolute atomic E-state index is 10.4. The minimum atomic E-state index is 0. The van der Waals surface area contributed by atoms with E-state index in [1.165, 1.54) is 39.0 Å². The molecule has 0 bridgehead atoms. The summed E-state index contributed by atoms with van der Waals surface area (Å²) in [7, 11) is 1.87. The van der Waals surface area contributed by atoms with E-state index in [0.717, 1.165) is 6.54 Å². The van der Waals surface area contributed by atoms with Crippen LogP contribution in [0.15, 0.2) is 0 Å². The molecular weight excluding hydrogens is 266 g/mol. The molecule has 0 rings (SSSR count). The highest BCUT2D eigenvalue weighted by molar-refractivity contribution is 5.76. The lowest BCUT2D eigenvalue weighted by molar-refractivity contribution is -0.121. The Labute approximate surface area is 134 Å². The van der Waals surface area contributed by atoms with Crippen molar-refractivity contribution >= 4 is 5.78 Å². The van der Waals surface area contributed by atoms with Crippen LogP contribution in [0.4, 0.5) is 0 Å². The summed E-state index contributed by atoms with van der Waals surface area (Å²) in [6, 6.07) is 0. The zero-order valence-corrected chi connectivity index (χ0v) is 15.3. The Morgan fingerprint density at radius 2 is 1.43 bits per heavy atom. The fraction of sp³-hybridized carbons (Fsp3) is 0.941. The molecule has 0 fully saturated rings. The highest BCUT2D eigenvalue weighted by Gasteiger charge is 1.92. The van der Waals surface area contributed by atoms with E-state index in [2.05, 4.69) is 33.0 Å². The van der Waals surface area contributed by atoms with Gasteiger partial charge in [-0.05, 0) is 14.0 Å². The van der Waals surface area contributed by atoms with Gasteiger partial charge in [-0.2, -0.15) is 0 Å². The van der Waals surface area contributed by atoms with Crippen molar-refractivity contribution in [2.45, 2.75) is 66.7 Å². The lowest BCUT2D eigenvalue weighted by Crippen LogP contribution is -2.16. The molecule has 0 amide bonds. The van der Waals surface area contributed by atoms with Crippen LogP contribution in [0.2, 0.25) is 0 Å². The standard InChI is InChI=1S/C8H17NO3.C5H12.C4H10.H2/c1-8(10)7-12-6-5-11-4-3-9-2;1-3-5-4-2;1-3-4-2;/h9H,3-7H2,1-2H3;3-5H2,1-2H3;3-4H2,1-2H3;1H. The second-order valence-corrected chi connectivity index (χ2v) is 4.82. The fourth-order valence-corrected chi connectivity index (χ4v) is 0.964. The number of likely N-dealkylation sites (N-methyl/N-ethyl adjacent to an activating group) is 1. The van der Waals surface area contributed by atoms with Gasteiger partial charge in [-0.15, -0.1) is 0 Å². The third kappa shape index (κ3) is 45.1. The molecule has 132 valence electrons. The van der Waals surface area contributed by atoms with E-state index in [0.29, 0.717) is 19.8 Å². The minimum absolute atomic E-state index is 0. The molecule has 0 saturated heterocycles. The Balaban J connectivity index is -0.000000135. The molecule has 1 N–H and O–H groups in total. The normalized spacial score (nSPS) is 9.24. The van der Waals surface area contributed by atoms with Crippen LogP contribution in [0.25, 0.3) is 0 Å². The molecule has 0 aromatic carbocycles. The van der Waals surface area contributed by atoms with Crippen LogP contribution >= 0.6 is 0 Å². The molecule has 0 radical (unpaired) electrons. The predicted molar refractivity (Wildman–Crippen MR) is 94.1 cm³/mol. The first kappa shape index (κ1) is 25.5. The molecule has 0 aliphatic carbocycles. The Kier molecular flexibility index (Phi) is 33.8. The third-order valence-electron chi connectivity index (χ3n) is 2.38. The number of hydrogen-bond donors (Lipinski definition) is 1. The third-order valence-corrected chi connectivity index (χ3v) is 2.38. The number of hydrogen-bond acceptors (Lipinski definition) is 4. The maximum atomic E-state index is 10.4. The molecule has 4 heteroatoms. The highest BCUT2D eigenvalue weighted by Crippen LogP contribution is 1.88. The van der Waals surface area contributed by atoms with Gasteiger partial charge in [-0.25, -0.2) is 0 Å². The van der Waals surface area contributed by atoms with Crippen molar-refractivity contribution in [3.63, 3.8) is 0 Å². The number of unbranched alkanes of at least 4 members (excludes halogenated alkanes) is 3. The number of ketones is 1. The van der Waals surface area contributed by atoms with Gasteiger partial charge in [-0.1, -0.05) is 59.8 Å². The van der Waals surface area contributed by atoms with Gasteiger partial charge in [0.2, 0.25) is 0 Å². The topological polar surface area (TPSA) is 47.6 Å². The lowest BCUT2D eigenvalue weighted by Gasteiger charge is -2.03. The second-order valence-electron chi connectivity index (χ2n) is 4.82. The first-order valence-electron chi connectivity index (χ1n) is 8.39. The molecule has 0 atom stereocenters. The van der Waals surface area contributed by atoms with E-state index in [9.17, 15) is 4.79 Å². The Hall–Kier alpha value is -0.450. The summed E-state index contributed by atoms with van der Waals surface area (Å²) in [5.41, 5.74) is 0. The van der Waals surface area contributed by atoms with Crippen LogP contribution in [0.5, 0.6) is 0 Å². The molecular formula is C17H41NO3. The molecule has 0 heterocycles. The van der Waals surface area contributed by atoms with E-state index in [-0.39, 0.29) is 13.8 Å². The summed E-state index contributed by atoms with van der Waals surface area (Å²) in [4.78, 5) is 10.4. The van der Waals surface area contributed by atoms with Crippen molar-refractivity contribution in [2.75, 3.05) is 40.0 Å². The smallest absolute Gasteiger partial charge is 0.155 e. The van der Waals surface area contributed by atoms with E-state index < -0.39 is 0 Å². The van der Waals surface area contributed by atoms with Gasteiger partial charge in [0, 0.05) is 7.97 Å². The summed E-state index contributed by atoms with van der Waals surface area (Å²) in [5, 5.41) is 2.96. The summed E-state index contributed by atoms with van der Waals surface area (Å²) in [6.45, 7) is 13.0. The van der Waals surface area contributed by atoms with E-state index in [4.69, 9.17) is 9.47 Å². The Bertz CT molecular complexity index is 177. The van der Waals surface area contributed by atoms with Crippen LogP contribution in [0.1, 0.15) is 68.1 Å². The van der Waals surface area contributed by atoms with Gasteiger partial charge < -0.3 is 14.8 Å². The predicted octanol–water partition coefficient (Wildman–Crippen LogP) is 4.08. The molecule has 0 aliphatic rings. The maximum Gasteiger partial charge on any atom is 0.155 e. The van der Waals surface area contributed by atoms with Gasteiger partial charge >= 0.3 is 0 Å². The highest BCUT2D eigenvalue weighted by atomic mass is 16.5. The van der Waals surface area contributed by atoms with E-state index in [1.54, 1.807) is 0 Å². The number of rotatable bonds is 11. The van der Waals surface area contributed by atoms with Gasteiger partial charge in [0.25, 0.3) is 0 Å². The summed E-state index contributed by atoms with van der Waals surface area (Å²) >= 11 is 0. The zero-order chi connectivity index (χ0) is 16.8. The minimum Gasteiger partial charge on any atom is -0.378 e. The largest absolute Gasteiger partial charge is 0.378 e. The van der Waals surface area contributed by atoms with Crippen LogP contribution in [-0.4, -0.2) is 45.8 Å².